The number of ether oxygens (including phenoxy) is 2. The first-order valence-electron chi connectivity index (χ1n) is 37.8. The van der Waals surface area contributed by atoms with Crippen LogP contribution in [0.4, 0.5) is 0 Å². The topological polar surface area (TPSA) is 149 Å². The van der Waals surface area contributed by atoms with Crippen LogP contribution in [0.5, 0.6) is 0 Å². The van der Waals surface area contributed by atoms with Crippen LogP contribution >= 0.6 is 0 Å². The maximum atomic E-state index is 13.2. The SMILES string of the molecule is CC/C=C\C/C=C\C/C=C\C/C=C\C/C=C\CCCCCCCCCCCCCCCCCCCCCCCC(=O)NC(COC1OC(CO)C(O)C(O)C1O)C(O)/C=C/CC/C=C/CCCCCCCCCCCCCCCCCCCCCCCC. The first-order chi connectivity index (χ1) is 43.3. The van der Waals surface area contributed by atoms with Crippen LogP contribution in [-0.2, 0) is 14.3 Å². The highest BCUT2D eigenvalue weighted by Gasteiger charge is 2.44. The number of carbonyl (C=O) groups excluding carboxylic acids is 1. The molecule has 0 saturated carbocycles. The molecule has 1 fully saturated rings. The van der Waals surface area contributed by atoms with Crippen molar-refractivity contribution < 1.29 is 39.8 Å². The Hall–Kier alpha value is -2.63. The zero-order valence-corrected chi connectivity index (χ0v) is 57.5. The molecule has 7 unspecified atom stereocenters. The van der Waals surface area contributed by atoms with Gasteiger partial charge in [-0.15, -0.1) is 0 Å². The van der Waals surface area contributed by atoms with Crippen LogP contribution in [0.1, 0.15) is 354 Å². The first kappa shape index (κ1) is 83.4. The van der Waals surface area contributed by atoms with Crippen molar-refractivity contribution in [1.29, 1.82) is 0 Å². The Bertz CT molecular complexity index is 1670. The van der Waals surface area contributed by atoms with Gasteiger partial charge in [0.05, 0.1) is 25.4 Å². The molecule has 6 N–H and O–H groups in total. The average molecular weight is 1240 g/mol. The van der Waals surface area contributed by atoms with Crippen LogP contribution in [0.25, 0.3) is 0 Å². The maximum Gasteiger partial charge on any atom is 0.220 e. The third-order valence-corrected chi connectivity index (χ3v) is 17.7. The number of amides is 1. The lowest BCUT2D eigenvalue weighted by atomic mass is 9.99. The highest BCUT2D eigenvalue weighted by molar-refractivity contribution is 5.76. The van der Waals surface area contributed by atoms with Crippen LogP contribution in [0.3, 0.4) is 0 Å². The van der Waals surface area contributed by atoms with E-state index < -0.39 is 49.5 Å². The summed E-state index contributed by atoms with van der Waals surface area (Å²) >= 11 is 0. The molecule has 0 aromatic carbocycles. The van der Waals surface area contributed by atoms with Gasteiger partial charge >= 0.3 is 0 Å². The number of carbonyl (C=O) groups is 1. The van der Waals surface area contributed by atoms with Gasteiger partial charge in [-0.25, -0.2) is 0 Å². The Balaban J connectivity index is 2.10. The smallest absolute Gasteiger partial charge is 0.220 e. The van der Waals surface area contributed by atoms with E-state index in [9.17, 15) is 30.3 Å². The molecule has 1 rings (SSSR count). The molecule has 9 nitrogen and oxygen atoms in total. The van der Waals surface area contributed by atoms with E-state index >= 15 is 0 Å². The van der Waals surface area contributed by atoms with Crippen molar-refractivity contribution in [1.82, 2.24) is 5.32 Å². The van der Waals surface area contributed by atoms with Gasteiger partial charge in [0.2, 0.25) is 5.91 Å². The number of nitrogens with one attached hydrogen (secondary N) is 1. The first-order valence-corrected chi connectivity index (χ1v) is 37.8. The minimum atomic E-state index is -1.58. The van der Waals surface area contributed by atoms with E-state index in [-0.39, 0.29) is 12.5 Å². The highest BCUT2D eigenvalue weighted by atomic mass is 16.7. The molecule has 0 spiro atoms. The third-order valence-electron chi connectivity index (χ3n) is 17.7. The van der Waals surface area contributed by atoms with Gasteiger partial charge < -0.3 is 40.3 Å². The summed E-state index contributed by atoms with van der Waals surface area (Å²) in [5, 5.41) is 54.8. The summed E-state index contributed by atoms with van der Waals surface area (Å²) in [6.07, 6.45) is 90.0. The molecule has 7 atom stereocenters. The number of hydrogen-bond acceptors (Lipinski definition) is 8. The van der Waals surface area contributed by atoms with Crippen molar-refractivity contribution in [2.75, 3.05) is 13.2 Å². The Labute approximate surface area is 543 Å². The molecule has 0 aromatic heterocycles. The van der Waals surface area contributed by atoms with Crippen molar-refractivity contribution in [3.63, 3.8) is 0 Å². The van der Waals surface area contributed by atoms with E-state index in [1.807, 2.05) is 6.08 Å². The fourth-order valence-electron chi connectivity index (χ4n) is 11.9. The molecule has 512 valence electrons. The zero-order chi connectivity index (χ0) is 63.5. The summed E-state index contributed by atoms with van der Waals surface area (Å²) < 4.78 is 11.3. The Morgan fingerprint density at radius 3 is 1.09 bits per heavy atom. The van der Waals surface area contributed by atoms with Crippen molar-refractivity contribution >= 4 is 5.91 Å². The molecular formula is C79H143NO8. The number of rotatable bonds is 66. The number of hydrogen-bond donors (Lipinski definition) is 6. The zero-order valence-electron chi connectivity index (χ0n) is 57.5. The number of aliphatic hydroxyl groups excluding tert-OH is 5. The Morgan fingerprint density at radius 2 is 0.716 bits per heavy atom. The lowest BCUT2D eigenvalue weighted by Gasteiger charge is -2.40. The van der Waals surface area contributed by atoms with Crippen LogP contribution < -0.4 is 5.32 Å². The highest BCUT2D eigenvalue weighted by Crippen LogP contribution is 2.23. The molecule has 9 heteroatoms. The summed E-state index contributed by atoms with van der Waals surface area (Å²) in [5.74, 6) is -0.182. The molecule has 0 bridgehead atoms. The standard InChI is InChI=1S/C79H143NO8/c1-3-5-7-9-11-13-15-17-19-21-23-25-27-29-31-33-34-35-36-37-38-39-40-41-43-45-47-49-51-53-55-57-59-61-63-65-67-69-75(83)80-72(71-87-79-78(86)77(85)76(84)74(70-81)88-79)73(82)68-66-64-62-60-58-56-54-52-50-48-46-44-42-32-30-28-26-24-22-20-18-16-14-12-10-8-6-4-2/h5,7,11,13,17,19,23,25,29,31,58,60,66,68,72-74,76-79,81-82,84-86H,3-4,6,8-10,12,14-16,18,20-22,24,26-28,30,32-57,59,61-65,67,69-71H2,1-2H3,(H,80,83)/b7-5-,13-11-,19-17-,25-23-,31-29-,60-58+,68-66+. The molecular weight excluding hydrogens is 1090 g/mol. The number of aliphatic hydroxyl groups is 5. The summed E-state index contributed by atoms with van der Waals surface area (Å²) in [4.78, 5) is 13.2. The van der Waals surface area contributed by atoms with Gasteiger partial charge in [-0.1, -0.05) is 356 Å². The van der Waals surface area contributed by atoms with Crippen LogP contribution in [0.2, 0.25) is 0 Å². The second kappa shape index (κ2) is 67.3. The molecule has 1 amide bonds. The van der Waals surface area contributed by atoms with Crippen molar-refractivity contribution in [3.05, 3.63) is 85.1 Å². The van der Waals surface area contributed by atoms with Gasteiger partial charge in [0.1, 0.15) is 24.4 Å². The summed E-state index contributed by atoms with van der Waals surface area (Å²) in [6, 6.07) is -0.826. The molecule has 1 heterocycles. The van der Waals surface area contributed by atoms with E-state index in [0.717, 1.165) is 70.6 Å². The lowest BCUT2D eigenvalue weighted by Crippen LogP contribution is -2.60. The lowest BCUT2D eigenvalue weighted by molar-refractivity contribution is -0.302. The van der Waals surface area contributed by atoms with E-state index in [2.05, 4.69) is 92.1 Å². The molecule has 0 radical (unpaired) electrons. The van der Waals surface area contributed by atoms with Gasteiger partial charge in [0.25, 0.3) is 0 Å². The van der Waals surface area contributed by atoms with Crippen LogP contribution in [0.15, 0.2) is 85.1 Å². The Kier molecular flexibility index (Phi) is 63.7. The predicted molar refractivity (Wildman–Crippen MR) is 378 cm³/mol. The molecule has 1 aliphatic rings. The van der Waals surface area contributed by atoms with E-state index in [4.69, 9.17) is 9.47 Å². The van der Waals surface area contributed by atoms with Gasteiger partial charge in [0.15, 0.2) is 6.29 Å². The van der Waals surface area contributed by atoms with Crippen molar-refractivity contribution in [2.45, 2.75) is 397 Å². The third kappa shape index (κ3) is 55.0. The predicted octanol–water partition coefficient (Wildman–Crippen LogP) is 21.3. The number of unbranched alkanes of at least 4 members (excludes halogenated alkanes) is 44. The van der Waals surface area contributed by atoms with Gasteiger partial charge in [-0.3, -0.25) is 4.79 Å². The fraction of sp³-hybridized carbons (Fsp3) is 0.810. The average Bonchev–Trinajstić information content (AvgIpc) is 3.29. The van der Waals surface area contributed by atoms with Crippen LogP contribution in [-0.4, -0.2) is 87.5 Å². The molecule has 88 heavy (non-hydrogen) atoms. The van der Waals surface area contributed by atoms with E-state index in [1.165, 1.54) is 263 Å². The molecule has 0 aliphatic carbocycles. The monoisotopic (exact) mass is 1230 g/mol. The summed E-state index contributed by atoms with van der Waals surface area (Å²) in [7, 11) is 0. The summed E-state index contributed by atoms with van der Waals surface area (Å²) in [5.41, 5.74) is 0. The molecule has 0 aromatic rings. The second-order valence-electron chi connectivity index (χ2n) is 26.1. The van der Waals surface area contributed by atoms with Crippen molar-refractivity contribution in [3.8, 4) is 0 Å². The minimum absolute atomic E-state index is 0.182. The quantitative estimate of drug-likeness (QED) is 0.0261. The Morgan fingerprint density at radius 1 is 0.398 bits per heavy atom. The fourth-order valence-corrected chi connectivity index (χ4v) is 11.9. The van der Waals surface area contributed by atoms with Crippen molar-refractivity contribution in [2.24, 2.45) is 0 Å². The second-order valence-corrected chi connectivity index (χ2v) is 26.1. The van der Waals surface area contributed by atoms with E-state index in [0.29, 0.717) is 6.42 Å². The molecule has 1 aliphatic heterocycles. The van der Waals surface area contributed by atoms with Crippen LogP contribution in [0, 0.1) is 0 Å². The largest absolute Gasteiger partial charge is 0.394 e. The molecule has 1 saturated heterocycles. The summed E-state index contributed by atoms with van der Waals surface area (Å²) in [6.45, 7) is 3.69. The maximum absolute atomic E-state index is 13.2. The normalized spacial score (nSPS) is 18.4. The van der Waals surface area contributed by atoms with Gasteiger partial charge in [-0.05, 0) is 77.0 Å². The van der Waals surface area contributed by atoms with Gasteiger partial charge in [-0.2, -0.15) is 0 Å². The van der Waals surface area contributed by atoms with E-state index in [1.54, 1.807) is 6.08 Å². The number of allylic oxidation sites excluding steroid dienone is 13. The van der Waals surface area contributed by atoms with Gasteiger partial charge in [0, 0.05) is 6.42 Å². The minimum Gasteiger partial charge on any atom is -0.394 e.